The molecule has 0 saturated carbocycles. The summed E-state index contributed by atoms with van der Waals surface area (Å²) in [5, 5.41) is 3.37. The van der Waals surface area contributed by atoms with Gasteiger partial charge in [-0.05, 0) is 38.1 Å². The SMILES string of the molecule is CC(C)(C(=O)c1ccc(N2CCNCC2)cc1)N1CCSCC1. The predicted molar refractivity (Wildman–Crippen MR) is 98.8 cm³/mol. The van der Waals surface area contributed by atoms with Crippen molar-refractivity contribution in [1.29, 1.82) is 0 Å². The number of anilines is 1. The lowest BCUT2D eigenvalue weighted by molar-refractivity contribution is 0.0668. The Morgan fingerprint density at radius 2 is 1.65 bits per heavy atom. The highest BCUT2D eigenvalue weighted by atomic mass is 32.2. The van der Waals surface area contributed by atoms with Gasteiger partial charge in [-0.2, -0.15) is 11.8 Å². The number of nitrogens with zero attached hydrogens (tertiary/aromatic N) is 2. The molecule has 0 unspecified atom stereocenters. The molecule has 2 heterocycles. The molecule has 0 aliphatic carbocycles. The number of rotatable bonds is 4. The number of carbonyl (C=O) groups excluding carboxylic acids is 1. The molecule has 2 saturated heterocycles. The minimum Gasteiger partial charge on any atom is -0.369 e. The van der Waals surface area contributed by atoms with Crippen molar-refractivity contribution in [1.82, 2.24) is 10.2 Å². The number of thioether (sulfide) groups is 1. The lowest BCUT2D eigenvalue weighted by Crippen LogP contribution is -2.53. The van der Waals surface area contributed by atoms with Crippen LogP contribution in [0.15, 0.2) is 24.3 Å². The maximum absolute atomic E-state index is 13.0. The van der Waals surface area contributed by atoms with Crippen molar-refractivity contribution in [2.75, 3.05) is 55.7 Å². The molecule has 0 aromatic heterocycles. The second-order valence-electron chi connectivity index (χ2n) is 6.77. The second-order valence-corrected chi connectivity index (χ2v) is 8.00. The number of nitrogens with one attached hydrogen (secondary N) is 1. The molecule has 23 heavy (non-hydrogen) atoms. The highest BCUT2D eigenvalue weighted by Crippen LogP contribution is 2.25. The normalized spacial score (nSPS) is 20.5. The number of ketones is 1. The average Bonchev–Trinajstić information content (AvgIpc) is 2.63. The summed E-state index contributed by atoms with van der Waals surface area (Å²) < 4.78 is 0. The molecule has 0 atom stereocenters. The van der Waals surface area contributed by atoms with Crippen molar-refractivity contribution < 1.29 is 4.79 Å². The quantitative estimate of drug-likeness (QED) is 0.854. The Kier molecular flexibility index (Phi) is 5.29. The highest BCUT2D eigenvalue weighted by Gasteiger charge is 2.35. The molecule has 2 aliphatic rings. The molecular formula is C18H27N3OS. The highest BCUT2D eigenvalue weighted by molar-refractivity contribution is 7.99. The monoisotopic (exact) mass is 333 g/mol. The van der Waals surface area contributed by atoms with E-state index in [-0.39, 0.29) is 5.78 Å². The van der Waals surface area contributed by atoms with Crippen LogP contribution in [-0.4, -0.2) is 67.0 Å². The zero-order chi connectivity index (χ0) is 16.3. The van der Waals surface area contributed by atoms with Gasteiger partial charge in [0.15, 0.2) is 5.78 Å². The summed E-state index contributed by atoms with van der Waals surface area (Å²) in [7, 11) is 0. The third kappa shape index (κ3) is 3.73. The van der Waals surface area contributed by atoms with Gasteiger partial charge in [0, 0.05) is 62.0 Å². The van der Waals surface area contributed by atoms with Crippen LogP contribution in [0.25, 0.3) is 0 Å². The van der Waals surface area contributed by atoms with Crippen molar-refractivity contribution in [3.8, 4) is 0 Å². The Bertz CT molecular complexity index is 532. The van der Waals surface area contributed by atoms with Crippen molar-refractivity contribution in [3.05, 3.63) is 29.8 Å². The van der Waals surface area contributed by atoms with Gasteiger partial charge < -0.3 is 10.2 Å². The first-order valence-corrected chi connectivity index (χ1v) is 9.68. The van der Waals surface area contributed by atoms with E-state index in [1.165, 1.54) is 5.69 Å². The van der Waals surface area contributed by atoms with E-state index in [0.29, 0.717) is 0 Å². The Morgan fingerprint density at radius 3 is 2.26 bits per heavy atom. The number of carbonyl (C=O) groups is 1. The number of benzene rings is 1. The van der Waals surface area contributed by atoms with Crippen LogP contribution in [0, 0.1) is 0 Å². The summed E-state index contributed by atoms with van der Waals surface area (Å²) in [4.78, 5) is 17.7. The van der Waals surface area contributed by atoms with Crippen LogP contribution in [0.2, 0.25) is 0 Å². The number of hydrogen-bond acceptors (Lipinski definition) is 5. The van der Waals surface area contributed by atoms with Crippen molar-refractivity contribution in [3.63, 3.8) is 0 Å². The minimum absolute atomic E-state index is 0.233. The fourth-order valence-electron chi connectivity index (χ4n) is 3.37. The summed E-state index contributed by atoms with van der Waals surface area (Å²) in [6.45, 7) is 10.3. The van der Waals surface area contributed by atoms with Gasteiger partial charge in [-0.3, -0.25) is 9.69 Å². The molecule has 2 aliphatic heterocycles. The largest absolute Gasteiger partial charge is 0.369 e. The van der Waals surface area contributed by atoms with Crippen LogP contribution in [0.5, 0.6) is 0 Å². The van der Waals surface area contributed by atoms with E-state index in [2.05, 4.69) is 41.1 Å². The van der Waals surface area contributed by atoms with Gasteiger partial charge in [0.2, 0.25) is 0 Å². The maximum Gasteiger partial charge on any atom is 0.182 e. The molecule has 0 amide bonds. The third-order valence-corrected chi connectivity index (χ3v) is 5.91. The topological polar surface area (TPSA) is 35.6 Å². The van der Waals surface area contributed by atoms with Crippen molar-refractivity contribution in [2.24, 2.45) is 0 Å². The molecule has 4 nitrogen and oxygen atoms in total. The number of hydrogen-bond donors (Lipinski definition) is 1. The lowest BCUT2D eigenvalue weighted by Gasteiger charge is -2.39. The van der Waals surface area contributed by atoms with Gasteiger partial charge in [0.25, 0.3) is 0 Å². The van der Waals surface area contributed by atoms with Gasteiger partial charge in [0.1, 0.15) is 0 Å². The maximum atomic E-state index is 13.0. The van der Waals surface area contributed by atoms with E-state index in [9.17, 15) is 4.79 Å². The van der Waals surface area contributed by atoms with Gasteiger partial charge in [-0.1, -0.05) is 0 Å². The van der Waals surface area contributed by atoms with Crippen molar-refractivity contribution in [2.45, 2.75) is 19.4 Å². The molecule has 0 spiro atoms. The predicted octanol–water partition coefficient (Wildman–Crippen LogP) is 2.11. The molecule has 5 heteroatoms. The molecule has 1 aromatic carbocycles. The summed E-state index contributed by atoms with van der Waals surface area (Å²) in [6.07, 6.45) is 0. The van der Waals surface area contributed by atoms with Crippen LogP contribution >= 0.6 is 11.8 Å². The minimum atomic E-state index is -0.419. The van der Waals surface area contributed by atoms with E-state index in [1.807, 2.05) is 23.9 Å². The molecule has 3 rings (SSSR count). The number of Topliss-reactive ketones (excluding diaryl/α,β-unsaturated/α-hetero) is 1. The Labute approximate surface area is 143 Å². The Hall–Kier alpha value is -1.04. The zero-order valence-corrected chi connectivity index (χ0v) is 15.0. The summed E-state index contributed by atoms with van der Waals surface area (Å²) >= 11 is 1.98. The summed E-state index contributed by atoms with van der Waals surface area (Å²) in [5.41, 5.74) is 1.62. The molecule has 126 valence electrons. The molecule has 2 fully saturated rings. The Morgan fingerprint density at radius 1 is 1.04 bits per heavy atom. The lowest BCUT2D eigenvalue weighted by atomic mass is 9.91. The van der Waals surface area contributed by atoms with E-state index >= 15 is 0 Å². The molecule has 1 N–H and O–H groups in total. The first kappa shape index (κ1) is 16.8. The first-order valence-electron chi connectivity index (χ1n) is 8.52. The standard InChI is InChI=1S/C18H27N3OS/c1-18(2,21-11-13-23-14-12-21)17(22)15-3-5-16(6-4-15)20-9-7-19-8-10-20/h3-6,19H,7-14H2,1-2H3. The number of piperazine rings is 1. The summed E-state index contributed by atoms with van der Waals surface area (Å²) in [5.74, 6) is 2.48. The Balaban J connectivity index is 1.71. The van der Waals surface area contributed by atoms with Crippen LogP contribution in [0.4, 0.5) is 5.69 Å². The third-order valence-electron chi connectivity index (χ3n) is 4.97. The van der Waals surface area contributed by atoms with E-state index < -0.39 is 5.54 Å². The van der Waals surface area contributed by atoms with Gasteiger partial charge in [-0.15, -0.1) is 0 Å². The van der Waals surface area contributed by atoms with E-state index in [4.69, 9.17) is 0 Å². The van der Waals surface area contributed by atoms with E-state index in [0.717, 1.165) is 56.3 Å². The summed E-state index contributed by atoms with van der Waals surface area (Å²) in [6, 6.07) is 8.20. The van der Waals surface area contributed by atoms with Crippen molar-refractivity contribution >= 4 is 23.2 Å². The molecule has 1 aromatic rings. The van der Waals surface area contributed by atoms with Crippen LogP contribution in [-0.2, 0) is 0 Å². The zero-order valence-electron chi connectivity index (χ0n) is 14.2. The average molecular weight is 334 g/mol. The van der Waals surface area contributed by atoms with Gasteiger partial charge in [-0.25, -0.2) is 0 Å². The molecule has 0 radical (unpaired) electrons. The fraction of sp³-hybridized carbons (Fsp3) is 0.611. The van der Waals surface area contributed by atoms with Crippen LogP contribution < -0.4 is 10.2 Å². The second kappa shape index (κ2) is 7.24. The fourth-order valence-corrected chi connectivity index (χ4v) is 4.27. The van der Waals surface area contributed by atoms with Crippen LogP contribution in [0.1, 0.15) is 24.2 Å². The first-order chi connectivity index (χ1) is 11.1. The molecule has 0 bridgehead atoms. The van der Waals surface area contributed by atoms with Gasteiger partial charge in [0.05, 0.1) is 5.54 Å². The van der Waals surface area contributed by atoms with Gasteiger partial charge >= 0.3 is 0 Å². The van der Waals surface area contributed by atoms with E-state index in [1.54, 1.807) is 0 Å². The smallest absolute Gasteiger partial charge is 0.182 e. The molecular weight excluding hydrogens is 306 g/mol. The van der Waals surface area contributed by atoms with Crippen LogP contribution in [0.3, 0.4) is 0 Å².